The summed E-state index contributed by atoms with van der Waals surface area (Å²) < 4.78 is 6.76. The largest absolute Gasteiger partial charge is 0.373 e. The molecule has 22 heavy (non-hydrogen) atoms. The number of benzene rings is 1. The molecule has 2 atom stereocenters. The van der Waals surface area contributed by atoms with Crippen LogP contribution in [0.15, 0.2) is 33.6 Å². The summed E-state index contributed by atoms with van der Waals surface area (Å²) in [6, 6.07) is 8.21. The Morgan fingerprint density at radius 1 is 1.32 bits per heavy atom. The second-order valence-electron chi connectivity index (χ2n) is 5.60. The molecule has 1 amide bonds. The van der Waals surface area contributed by atoms with Gasteiger partial charge in [0.25, 0.3) is 0 Å². The van der Waals surface area contributed by atoms with Crippen molar-refractivity contribution in [1.29, 1.82) is 0 Å². The minimum Gasteiger partial charge on any atom is -0.373 e. The number of halogens is 1. The number of rotatable bonds is 6. The molecule has 0 radical (unpaired) electrons. The molecule has 0 aliphatic carbocycles. The van der Waals surface area contributed by atoms with Crippen molar-refractivity contribution < 1.29 is 9.53 Å². The first kappa shape index (κ1) is 17.8. The summed E-state index contributed by atoms with van der Waals surface area (Å²) in [5, 5.41) is 2.99. The highest BCUT2D eigenvalue weighted by molar-refractivity contribution is 9.10. The number of hydrogen-bond acceptors (Lipinski definition) is 4. The van der Waals surface area contributed by atoms with Gasteiger partial charge in [-0.1, -0.05) is 15.9 Å². The van der Waals surface area contributed by atoms with Crippen LogP contribution in [-0.2, 0) is 9.53 Å². The Bertz CT molecular complexity index is 474. The molecule has 1 aromatic rings. The average molecular weight is 387 g/mol. The van der Waals surface area contributed by atoms with Gasteiger partial charge in [0.05, 0.1) is 18.8 Å². The molecule has 1 fully saturated rings. The number of nitrogens with zero attached hydrogens (tertiary/aromatic N) is 1. The van der Waals surface area contributed by atoms with Crippen molar-refractivity contribution in [1.82, 2.24) is 10.2 Å². The van der Waals surface area contributed by atoms with E-state index in [1.807, 2.05) is 12.1 Å². The number of carbonyl (C=O) groups is 1. The minimum atomic E-state index is 0.0951. The third kappa shape index (κ3) is 6.28. The molecule has 1 aliphatic rings. The van der Waals surface area contributed by atoms with Crippen LogP contribution >= 0.6 is 27.7 Å². The summed E-state index contributed by atoms with van der Waals surface area (Å²) in [5.41, 5.74) is 0. The van der Waals surface area contributed by atoms with E-state index in [1.165, 1.54) is 4.90 Å². The first-order valence-corrected chi connectivity index (χ1v) is 9.33. The lowest BCUT2D eigenvalue weighted by atomic mass is 10.2. The van der Waals surface area contributed by atoms with Crippen molar-refractivity contribution in [2.75, 3.05) is 31.9 Å². The Morgan fingerprint density at radius 3 is 2.59 bits per heavy atom. The van der Waals surface area contributed by atoms with Crippen LogP contribution in [0.5, 0.6) is 0 Å². The molecule has 4 nitrogen and oxygen atoms in total. The van der Waals surface area contributed by atoms with E-state index in [9.17, 15) is 4.79 Å². The van der Waals surface area contributed by atoms with Crippen LogP contribution in [0.3, 0.4) is 0 Å². The number of hydrogen-bond donors (Lipinski definition) is 1. The third-order valence-electron chi connectivity index (χ3n) is 3.37. The lowest BCUT2D eigenvalue weighted by Crippen LogP contribution is -2.49. The van der Waals surface area contributed by atoms with Crippen LogP contribution in [0, 0.1) is 0 Å². The summed E-state index contributed by atoms with van der Waals surface area (Å²) in [6.45, 7) is 6.90. The standard InChI is InChI=1S/C16H23BrN2O2S/c1-12-9-19(10-13(2)21-12)11-16(20)18-7-8-22-15-5-3-14(17)4-6-15/h3-6,12-13H,7-11H2,1-2H3,(H,18,20)/t12-,13-/m0/s1. The van der Waals surface area contributed by atoms with Gasteiger partial charge in [-0.2, -0.15) is 0 Å². The van der Waals surface area contributed by atoms with Gasteiger partial charge >= 0.3 is 0 Å². The second kappa shape index (κ2) is 8.91. The van der Waals surface area contributed by atoms with Crippen molar-refractivity contribution in [3.63, 3.8) is 0 Å². The molecule has 1 heterocycles. The van der Waals surface area contributed by atoms with Gasteiger partial charge in [0.1, 0.15) is 0 Å². The summed E-state index contributed by atoms with van der Waals surface area (Å²) in [4.78, 5) is 15.4. The molecule has 1 N–H and O–H groups in total. The molecule has 2 rings (SSSR count). The van der Waals surface area contributed by atoms with E-state index in [0.717, 1.165) is 23.3 Å². The first-order valence-electron chi connectivity index (χ1n) is 7.56. The number of ether oxygens (including phenoxy) is 1. The summed E-state index contributed by atoms with van der Waals surface area (Å²) >= 11 is 5.17. The maximum Gasteiger partial charge on any atom is 0.234 e. The van der Waals surface area contributed by atoms with Crippen LogP contribution in [-0.4, -0.2) is 54.9 Å². The van der Waals surface area contributed by atoms with Gasteiger partial charge < -0.3 is 10.1 Å². The molecule has 0 unspecified atom stereocenters. The predicted molar refractivity (Wildman–Crippen MR) is 94.3 cm³/mol. The highest BCUT2D eigenvalue weighted by atomic mass is 79.9. The van der Waals surface area contributed by atoms with Crippen LogP contribution in [0.25, 0.3) is 0 Å². The van der Waals surface area contributed by atoms with Gasteiger partial charge in [-0.05, 0) is 38.1 Å². The van der Waals surface area contributed by atoms with Gasteiger partial charge in [-0.15, -0.1) is 11.8 Å². The Labute approximate surface area is 145 Å². The monoisotopic (exact) mass is 386 g/mol. The van der Waals surface area contributed by atoms with Crippen molar-refractivity contribution in [2.45, 2.75) is 31.0 Å². The molecule has 1 saturated heterocycles. The molecule has 0 saturated carbocycles. The smallest absolute Gasteiger partial charge is 0.234 e. The van der Waals surface area contributed by atoms with E-state index in [-0.39, 0.29) is 18.1 Å². The van der Waals surface area contributed by atoms with Gasteiger partial charge in [-0.25, -0.2) is 0 Å². The minimum absolute atomic E-state index is 0.0951. The molecule has 1 aliphatic heterocycles. The van der Waals surface area contributed by atoms with Crippen LogP contribution < -0.4 is 5.32 Å². The zero-order chi connectivity index (χ0) is 15.9. The van der Waals surface area contributed by atoms with Gasteiger partial charge in [0.2, 0.25) is 5.91 Å². The zero-order valence-electron chi connectivity index (χ0n) is 13.0. The second-order valence-corrected chi connectivity index (χ2v) is 7.69. The van der Waals surface area contributed by atoms with E-state index in [2.05, 4.69) is 52.1 Å². The number of thioether (sulfide) groups is 1. The normalized spacial score (nSPS) is 22.5. The Kier molecular flexibility index (Phi) is 7.21. The number of morpholine rings is 1. The number of amides is 1. The van der Waals surface area contributed by atoms with E-state index in [0.29, 0.717) is 13.1 Å². The Balaban J connectivity index is 1.62. The van der Waals surface area contributed by atoms with Crippen molar-refractivity contribution in [3.8, 4) is 0 Å². The maximum absolute atomic E-state index is 12.0. The molecular formula is C16H23BrN2O2S. The lowest BCUT2D eigenvalue weighted by Gasteiger charge is -2.34. The third-order valence-corrected chi connectivity index (χ3v) is 4.91. The molecule has 0 aromatic heterocycles. The van der Waals surface area contributed by atoms with Crippen molar-refractivity contribution in [3.05, 3.63) is 28.7 Å². The Morgan fingerprint density at radius 2 is 1.95 bits per heavy atom. The maximum atomic E-state index is 12.0. The fraction of sp³-hybridized carbons (Fsp3) is 0.562. The first-order chi connectivity index (χ1) is 10.5. The molecule has 6 heteroatoms. The van der Waals surface area contributed by atoms with Crippen LogP contribution in [0.1, 0.15) is 13.8 Å². The average Bonchev–Trinajstić information content (AvgIpc) is 2.44. The van der Waals surface area contributed by atoms with Gasteiger partial charge in [0.15, 0.2) is 0 Å². The van der Waals surface area contributed by atoms with Crippen LogP contribution in [0.2, 0.25) is 0 Å². The van der Waals surface area contributed by atoms with Gasteiger partial charge in [-0.3, -0.25) is 9.69 Å². The number of carbonyl (C=O) groups excluding carboxylic acids is 1. The fourth-order valence-corrected chi connectivity index (χ4v) is 3.60. The zero-order valence-corrected chi connectivity index (χ0v) is 15.5. The molecular weight excluding hydrogens is 364 g/mol. The van der Waals surface area contributed by atoms with Crippen molar-refractivity contribution in [2.24, 2.45) is 0 Å². The topological polar surface area (TPSA) is 41.6 Å². The van der Waals surface area contributed by atoms with Crippen LogP contribution in [0.4, 0.5) is 0 Å². The molecule has 1 aromatic carbocycles. The molecule has 0 spiro atoms. The van der Waals surface area contributed by atoms with E-state index in [1.54, 1.807) is 11.8 Å². The lowest BCUT2D eigenvalue weighted by molar-refractivity contribution is -0.125. The highest BCUT2D eigenvalue weighted by Crippen LogP contribution is 2.19. The SMILES string of the molecule is C[C@H]1CN(CC(=O)NCCSc2ccc(Br)cc2)C[C@H](C)O1. The summed E-state index contributed by atoms with van der Waals surface area (Å²) in [5.74, 6) is 0.973. The number of nitrogens with one attached hydrogen (secondary N) is 1. The summed E-state index contributed by atoms with van der Waals surface area (Å²) in [7, 11) is 0. The fourth-order valence-electron chi connectivity index (χ4n) is 2.56. The van der Waals surface area contributed by atoms with Gasteiger partial charge in [0, 0.05) is 34.8 Å². The predicted octanol–water partition coefficient (Wildman–Crippen LogP) is 2.77. The van der Waals surface area contributed by atoms with Crippen molar-refractivity contribution >= 4 is 33.6 Å². The summed E-state index contributed by atoms with van der Waals surface area (Å²) in [6.07, 6.45) is 0.397. The van der Waals surface area contributed by atoms with E-state index < -0.39 is 0 Å². The molecule has 122 valence electrons. The Hall–Kier alpha value is -0.560. The quantitative estimate of drug-likeness (QED) is 0.602. The van der Waals surface area contributed by atoms with E-state index in [4.69, 9.17) is 4.74 Å². The highest BCUT2D eigenvalue weighted by Gasteiger charge is 2.23. The van der Waals surface area contributed by atoms with E-state index >= 15 is 0 Å². The molecule has 0 bridgehead atoms.